The Morgan fingerprint density at radius 1 is 1.19 bits per heavy atom. The number of carbonyl (C=O) groups is 1. The number of aryl methyl sites for hydroxylation is 2. The van der Waals surface area contributed by atoms with Gasteiger partial charge in [0, 0.05) is 21.4 Å². The van der Waals surface area contributed by atoms with Gasteiger partial charge in [-0.15, -0.1) is 0 Å². The van der Waals surface area contributed by atoms with Crippen molar-refractivity contribution in [3.63, 3.8) is 0 Å². The minimum Gasteiger partial charge on any atom is -0.455 e. The minimum absolute atomic E-state index is 0.0753. The second kappa shape index (κ2) is 8.41. The van der Waals surface area contributed by atoms with E-state index < -0.39 is 5.97 Å². The van der Waals surface area contributed by atoms with Crippen LogP contribution < -0.4 is 0 Å². The Labute approximate surface area is 162 Å². The lowest BCUT2D eigenvalue weighted by Gasteiger charge is -2.03. The average Bonchev–Trinajstić information content (AvgIpc) is 3.06. The highest BCUT2D eigenvalue weighted by molar-refractivity contribution is 9.10. The Balaban J connectivity index is 1.52. The molecule has 0 unspecified atom stereocenters. The zero-order chi connectivity index (χ0) is 18.5. The van der Waals surface area contributed by atoms with Crippen LogP contribution in [0.25, 0.3) is 11.4 Å². The third-order valence-electron chi connectivity index (χ3n) is 3.19. The fraction of sp³-hybridized carbons (Fsp3) is 0.235. The van der Waals surface area contributed by atoms with E-state index in [1.54, 1.807) is 0 Å². The Kier molecular flexibility index (Phi) is 6.00. The zero-order valence-electron chi connectivity index (χ0n) is 14.1. The summed E-state index contributed by atoms with van der Waals surface area (Å²) < 4.78 is 11.2. The van der Waals surface area contributed by atoms with E-state index in [1.807, 2.05) is 44.2 Å². The Morgan fingerprint density at radius 3 is 2.69 bits per heavy atom. The number of ether oxygens (including phenoxy) is 1. The van der Waals surface area contributed by atoms with Gasteiger partial charge in [0.15, 0.2) is 11.8 Å². The lowest BCUT2D eigenvalue weighted by Crippen LogP contribution is -2.08. The first kappa shape index (κ1) is 18.5. The molecule has 0 fully saturated rings. The molecule has 0 amide bonds. The van der Waals surface area contributed by atoms with Gasteiger partial charge in [-0.3, -0.25) is 4.79 Å². The van der Waals surface area contributed by atoms with Gasteiger partial charge in [-0.2, -0.15) is 4.98 Å². The molecule has 0 saturated carbocycles. The van der Waals surface area contributed by atoms with Crippen molar-refractivity contribution in [1.29, 1.82) is 0 Å². The third kappa shape index (κ3) is 5.12. The maximum absolute atomic E-state index is 11.9. The zero-order valence-corrected chi connectivity index (χ0v) is 16.5. The molecule has 2 aromatic heterocycles. The molecule has 3 aromatic rings. The van der Waals surface area contributed by atoms with Crippen LogP contribution in [0.1, 0.15) is 17.3 Å². The molecule has 9 heteroatoms. The van der Waals surface area contributed by atoms with Crippen molar-refractivity contribution >= 4 is 33.7 Å². The number of hydrogen-bond acceptors (Lipinski definition) is 8. The van der Waals surface area contributed by atoms with E-state index in [0.717, 1.165) is 21.4 Å². The molecule has 0 spiro atoms. The van der Waals surface area contributed by atoms with Gasteiger partial charge in [0.25, 0.3) is 5.89 Å². The summed E-state index contributed by atoms with van der Waals surface area (Å²) in [6, 6.07) is 9.40. The Morgan fingerprint density at radius 2 is 1.96 bits per heavy atom. The fourth-order valence-corrected chi connectivity index (χ4v) is 3.27. The summed E-state index contributed by atoms with van der Waals surface area (Å²) in [5.41, 5.74) is 2.53. The van der Waals surface area contributed by atoms with Gasteiger partial charge in [-0.05, 0) is 32.0 Å². The number of halogens is 1. The maximum Gasteiger partial charge on any atom is 0.316 e. The first-order valence-corrected chi connectivity index (χ1v) is 9.47. The van der Waals surface area contributed by atoms with Crippen molar-refractivity contribution in [2.24, 2.45) is 0 Å². The number of thioether (sulfide) groups is 1. The predicted octanol–water partition coefficient (Wildman–Crippen LogP) is 3.74. The van der Waals surface area contributed by atoms with Crippen LogP contribution in [0.2, 0.25) is 0 Å². The number of nitrogens with zero attached hydrogens (tertiary/aromatic N) is 4. The van der Waals surface area contributed by atoms with E-state index in [-0.39, 0.29) is 18.3 Å². The van der Waals surface area contributed by atoms with Crippen LogP contribution in [0.5, 0.6) is 0 Å². The van der Waals surface area contributed by atoms with Gasteiger partial charge < -0.3 is 9.26 Å². The topological polar surface area (TPSA) is 91.0 Å². The quantitative estimate of drug-likeness (QED) is 0.329. The van der Waals surface area contributed by atoms with Crippen LogP contribution in [-0.2, 0) is 16.1 Å². The van der Waals surface area contributed by atoms with Gasteiger partial charge >= 0.3 is 5.97 Å². The molecule has 0 saturated heterocycles. The number of rotatable bonds is 6. The number of carbonyl (C=O) groups excluding carboxylic acids is 1. The summed E-state index contributed by atoms with van der Waals surface area (Å²) in [5.74, 6) is 0.381. The van der Waals surface area contributed by atoms with E-state index in [1.165, 1.54) is 11.8 Å². The van der Waals surface area contributed by atoms with Crippen LogP contribution in [0, 0.1) is 13.8 Å². The predicted molar refractivity (Wildman–Crippen MR) is 99.5 cm³/mol. The van der Waals surface area contributed by atoms with Crippen molar-refractivity contribution in [2.45, 2.75) is 25.6 Å². The highest BCUT2D eigenvalue weighted by Gasteiger charge is 2.12. The average molecular weight is 435 g/mol. The van der Waals surface area contributed by atoms with E-state index in [2.05, 4.69) is 36.0 Å². The molecule has 0 atom stereocenters. The van der Waals surface area contributed by atoms with Gasteiger partial charge in [-0.25, -0.2) is 9.97 Å². The highest BCUT2D eigenvalue weighted by Crippen LogP contribution is 2.20. The van der Waals surface area contributed by atoms with Crippen molar-refractivity contribution in [3.05, 3.63) is 52.1 Å². The fourth-order valence-electron chi connectivity index (χ4n) is 2.12. The van der Waals surface area contributed by atoms with Gasteiger partial charge in [-0.1, -0.05) is 45.0 Å². The van der Waals surface area contributed by atoms with E-state index >= 15 is 0 Å². The summed E-state index contributed by atoms with van der Waals surface area (Å²) in [5, 5.41) is 4.45. The molecule has 3 rings (SSSR count). The van der Waals surface area contributed by atoms with Crippen LogP contribution in [-0.4, -0.2) is 31.8 Å². The molecule has 0 aliphatic rings. The summed E-state index contributed by atoms with van der Waals surface area (Å²) in [6.07, 6.45) is 0. The summed E-state index contributed by atoms with van der Waals surface area (Å²) >= 11 is 4.62. The molecule has 26 heavy (non-hydrogen) atoms. The van der Waals surface area contributed by atoms with E-state index in [0.29, 0.717) is 11.0 Å². The van der Waals surface area contributed by atoms with E-state index in [4.69, 9.17) is 9.26 Å². The lowest BCUT2D eigenvalue weighted by atomic mass is 10.2. The van der Waals surface area contributed by atoms with Crippen molar-refractivity contribution in [2.75, 3.05) is 5.75 Å². The lowest BCUT2D eigenvalue weighted by molar-refractivity contribution is -0.142. The minimum atomic E-state index is -0.403. The van der Waals surface area contributed by atoms with Crippen molar-refractivity contribution in [3.8, 4) is 11.4 Å². The normalized spacial score (nSPS) is 10.7. The molecule has 7 nitrogen and oxygen atoms in total. The first-order chi connectivity index (χ1) is 12.5. The number of benzene rings is 1. The van der Waals surface area contributed by atoms with Gasteiger partial charge in [0.1, 0.15) is 0 Å². The molecular weight excluding hydrogens is 420 g/mol. The molecule has 1 aromatic carbocycles. The molecule has 134 valence electrons. The van der Waals surface area contributed by atoms with Gasteiger partial charge in [0.05, 0.1) is 5.75 Å². The van der Waals surface area contributed by atoms with Crippen LogP contribution in [0.3, 0.4) is 0 Å². The molecule has 0 radical (unpaired) electrons. The van der Waals surface area contributed by atoms with Crippen molar-refractivity contribution < 1.29 is 14.1 Å². The summed E-state index contributed by atoms with van der Waals surface area (Å²) in [7, 11) is 0. The third-order valence-corrected chi connectivity index (χ3v) is 4.50. The maximum atomic E-state index is 11.9. The van der Waals surface area contributed by atoms with Crippen LogP contribution in [0.4, 0.5) is 0 Å². The Hall–Kier alpha value is -2.26. The van der Waals surface area contributed by atoms with Crippen LogP contribution in [0.15, 0.2) is 44.5 Å². The smallest absolute Gasteiger partial charge is 0.316 e. The molecule has 0 aliphatic heterocycles. The number of hydrogen-bond donors (Lipinski definition) is 0. The molecular formula is C17H15BrN4O3S. The number of aromatic nitrogens is 4. The standard InChI is InChI=1S/C17H15BrN4O3S/c1-10-6-11(2)20-17(19-10)26-9-15(23)24-8-14-21-16(22-25-14)12-4-3-5-13(18)7-12/h3-7H,8-9H2,1-2H3. The van der Waals surface area contributed by atoms with E-state index in [9.17, 15) is 4.79 Å². The van der Waals surface area contributed by atoms with Gasteiger partial charge in [0.2, 0.25) is 5.82 Å². The largest absolute Gasteiger partial charge is 0.455 e. The summed E-state index contributed by atoms with van der Waals surface area (Å²) in [4.78, 5) is 24.6. The second-order valence-electron chi connectivity index (χ2n) is 5.40. The number of esters is 1. The molecule has 0 aliphatic carbocycles. The SMILES string of the molecule is Cc1cc(C)nc(SCC(=O)OCc2nc(-c3cccc(Br)c3)no2)n1. The molecule has 0 bridgehead atoms. The highest BCUT2D eigenvalue weighted by atomic mass is 79.9. The summed E-state index contributed by atoms with van der Waals surface area (Å²) in [6.45, 7) is 3.69. The first-order valence-electron chi connectivity index (χ1n) is 7.69. The monoisotopic (exact) mass is 434 g/mol. The van der Waals surface area contributed by atoms with Crippen molar-refractivity contribution in [1.82, 2.24) is 20.1 Å². The molecule has 0 N–H and O–H groups in total. The van der Waals surface area contributed by atoms with Crippen LogP contribution >= 0.6 is 27.7 Å². The molecule has 2 heterocycles. The Bertz CT molecular complexity index is 912. The second-order valence-corrected chi connectivity index (χ2v) is 7.26.